The fourth-order valence-corrected chi connectivity index (χ4v) is 4.32. The van der Waals surface area contributed by atoms with E-state index in [2.05, 4.69) is 5.32 Å². The van der Waals surface area contributed by atoms with Gasteiger partial charge >= 0.3 is 0 Å². The molecule has 28 heavy (non-hydrogen) atoms. The van der Waals surface area contributed by atoms with Crippen LogP contribution in [0.5, 0.6) is 0 Å². The van der Waals surface area contributed by atoms with Crippen LogP contribution in [0, 0.1) is 11.3 Å². The number of nitrogens with zero attached hydrogens (tertiary/aromatic N) is 2. The van der Waals surface area contributed by atoms with Gasteiger partial charge in [0.15, 0.2) is 0 Å². The van der Waals surface area contributed by atoms with Gasteiger partial charge in [0.1, 0.15) is 0 Å². The predicted molar refractivity (Wildman–Crippen MR) is 104 cm³/mol. The molecular formula is C20H21N3O4S. The fraction of sp³-hybridized carbons (Fsp3) is 0.300. The minimum Gasteiger partial charge on any atom is -0.379 e. The maximum Gasteiger partial charge on any atom is 0.243 e. The quantitative estimate of drug-likeness (QED) is 0.802. The molecule has 1 amide bonds. The minimum absolute atomic E-state index is 0.167. The molecular weight excluding hydrogens is 378 g/mol. The number of carbonyl (C=O) groups is 1. The zero-order valence-corrected chi connectivity index (χ0v) is 16.1. The van der Waals surface area contributed by atoms with Gasteiger partial charge in [-0.1, -0.05) is 18.2 Å². The third-order valence-electron chi connectivity index (χ3n) is 4.45. The predicted octanol–water partition coefficient (Wildman–Crippen LogP) is 2.15. The van der Waals surface area contributed by atoms with Crippen LogP contribution in [0.15, 0.2) is 53.4 Å². The average Bonchev–Trinajstić information content (AvgIpc) is 2.73. The Balaban J connectivity index is 1.56. The van der Waals surface area contributed by atoms with Crippen molar-refractivity contribution in [3.8, 4) is 6.07 Å². The molecule has 7 nitrogen and oxygen atoms in total. The first kappa shape index (κ1) is 20.0. The van der Waals surface area contributed by atoms with Crippen molar-refractivity contribution in [2.45, 2.75) is 17.7 Å². The summed E-state index contributed by atoms with van der Waals surface area (Å²) < 4.78 is 31.8. The van der Waals surface area contributed by atoms with Crippen molar-refractivity contribution < 1.29 is 17.9 Å². The lowest BCUT2D eigenvalue weighted by Gasteiger charge is -2.26. The molecule has 1 N–H and O–H groups in total. The molecule has 8 heteroatoms. The van der Waals surface area contributed by atoms with Gasteiger partial charge in [0.2, 0.25) is 15.9 Å². The van der Waals surface area contributed by atoms with Crippen molar-refractivity contribution >= 4 is 21.6 Å². The van der Waals surface area contributed by atoms with Gasteiger partial charge < -0.3 is 10.1 Å². The maximum atomic E-state index is 12.6. The molecule has 1 aliphatic heterocycles. The number of hydrogen-bond donors (Lipinski definition) is 1. The van der Waals surface area contributed by atoms with E-state index in [0.717, 1.165) is 5.56 Å². The Kier molecular flexibility index (Phi) is 6.41. The Bertz CT molecular complexity index is 975. The van der Waals surface area contributed by atoms with Crippen molar-refractivity contribution in [3.63, 3.8) is 0 Å². The number of nitriles is 1. The summed E-state index contributed by atoms with van der Waals surface area (Å²) in [5, 5.41) is 11.7. The number of sulfonamides is 1. The SMILES string of the molecule is N#Cc1cccc(NC(=O)CCc2ccc(S(=O)(=O)N3CCOCC3)cc2)c1. The Morgan fingerprint density at radius 1 is 1.14 bits per heavy atom. The van der Waals surface area contributed by atoms with E-state index in [1.54, 1.807) is 48.5 Å². The molecule has 1 heterocycles. The van der Waals surface area contributed by atoms with Gasteiger partial charge in [-0.15, -0.1) is 0 Å². The second kappa shape index (κ2) is 8.97. The van der Waals surface area contributed by atoms with Gasteiger partial charge in [-0.3, -0.25) is 4.79 Å². The van der Waals surface area contributed by atoms with Crippen molar-refractivity contribution in [3.05, 3.63) is 59.7 Å². The average molecular weight is 399 g/mol. The highest BCUT2D eigenvalue weighted by molar-refractivity contribution is 7.89. The van der Waals surface area contributed by atoms with Gasteiger partial charge in [0.05, 0.1) is 29.7 Å². The maximum absolute atomic E-state index is 12.6. The monoisotopic (exact) mass is 399 g/mol. The van der Waals surface area contributed by atoms with Gasteiger partial charge in [-0.2, -0.15) is 9.57 Å². The molecule has 0 bridgehead atoms. The normalized spacial score (nSPS) is 15.0. The second-order valence-corrected chi connectivity index (χ2v) is 8.34. The third-order valence-corrected chi connectivity index (χ3v) is 6.36. The smallest absolute Gasteiger partial charge is 0.243 e. The van der Waals surface area contributed by atoms with Gasteiger partial charge in [0.25, 0.3) is 0 Å². The molecule has 2 aromatic rings. The number of rotatable bonds is 6. The Morgan fingerprint density at radius 2 is 1.86 bits per heavy atom. The highest BCUT2D eigenvalue weighted by atomic mass is 32.2. The summed E-state index contributed by atoms with van der Waals surface area (Å²) in [5.74, 6) is -0.167. The molecule has 1 aliphatic rings. The lowest BCUT2D eigenvalue weighted by Crippen LogP contribution is -2.40. The number of amides is 1. The van der Waals surface area contributed by atoms with Crippen molar-refractivity contribution in [2.75, 3.05) is 31.6 Å². The number of anilines is 1. The highest BCUT2D eigenvalue weighted by Gasteiger charge is 2.26. The van der Waals surface area contributed by atoms with Crippen LogP contribution in [0.2, 0.25) is 0 Å². The highest BCUT2D eigenvalue weighted by Crippen LogP contribution is 2.18. The van der Waals surface area contributed by atoms with Crippen LogP contribution in [0.4, 0.5) is 5.69 Å². The number of hydrogen-bond acceptors (Lipinski definition) is 5. The summed E-state index contributed by atoms with van der Waals surface area (Å²) in [6, 6.07) is 15.4. The van der Waals surface area contributed by atoms with Crippen molar-refractivity contribution in [1.29, 1.82) is 5.26 Å². The van der Waals surface area contributed by atoms with E-state index in [9.17, 15) is 13.2 Å². The number of morpholine rings is 1. The minimum atomic E-state index is -3.51. The molecule has 0 radical (unpaired) electrons. The molecule has 0 unspecified atom stereocenters. The van der Waals surface area contributed by atoms with Crippen LogP contribution in [-0.4, -0.2) is 44.9 Å². The summed E-state index contributed by atoms with van der Waals surface area (Å²) in [4.78, 5) is 12.4. The Morgan fingerprint density at radius 3 is 2.54 bits per heavy atom. The summed E-state index contributed by atoms with van der Waals surface area (Å²) in [6.45, 7) is 1.53. The summed E-state index contributed by atoms with van der Waals surface area (Å²) in [5.41, 5.74) is 1.94. The van der Waals surface area contributed by atoms with Crippen molar-refractivity contribution in [2.24, 2.45) is 0 Å². The molecule has 1 fully saturated rings. The molecule has 0 saturated carbocycles. The summed E-state index contributed by atoms with van der Waals surface area (Å²) >= 11 is 0. The molecule has 0 spiro atoms. The van der Waals surface area contributed by atoms with Crippen LogP contribution >= 0.6 is 0 Å². The summed E-state index contributed by atoms with van der Waals surface area (Å²) in [6.07, 6.45) is 0.744. The largest absolute Gasteiger partial charge is 0.379 e. The number of carbonyl (C=O) groups excluding carboxylic acids is 1. The zero-order chi connectivity index (χ0) is 20.0. The van der Waals surface area contributed by atoms with E-state index in [0.29, 0.717) is 44.0 Å². The van der Waals surface area contributed by atoms with Crippen LogP contribution < -0.4 is 5.32 Å². The third kappa shape index (κ3) is 4.95. The van der Waals surface area contributed by atoms with E-state index in [1.807, 2.05) is 6.07 Å². The molecule has 0 aliphatic carbocycles. The fourth-order valence-electron chi connectivity index (χ4n) is 2.91. The van der Waals surface area contributed by atoms with E-state index in [4.69, 9.17) is 10.00 Å². The molecule has 2 aromatic carbocycles. The Labute approximate surface area is 164 Å². The van der Waals surface area contributed by atoms with Crippen LogP contribution in [0.3, 0.4) is 0 Å². The first-order valence-electron chi connectivity index (χ1n) is 8.96. The topological polar surface area (TPSA) is 99.5 Å². The van der Waals surface area contributed by atoms with Gasteiger partial charge in [-0.05, 0) is 42.3 Å². The van der Waals surface area contributed by atoms with Crippen LogP contribution in [-0.2, 0) is 26.0 Å². The summed E-state index contributed by atoms with van der Waals surface area (Å²) in [7, 11) is -3.51. The molecule has 1 saturated heterocycles. The van der Waals surface area contributed by atoms with E-state index in [-0.39, 0.29) is 17.2 Å². The first-order chi connectivity index (χ1) is 13.5. The molecule has 0 aromatic heterocycles. The standard InChI is InChI=1S/C20H21N3O4S/c21-15-17-2-1-3-18(14-17)22-20(24)9-6-16-4-7-19(8-5-16)28(25,26)23-10-12-27-13-11-23/h1-5,7-8,14H,6,9-13H2,(H,22,24). The van der Waals surface area contributed by atoms with E-state index >= 15 is 0 Å². The lowest BCUT2D eigenvalue weighted by molar-refractivity contribution is -0.116. The number of aryl methyl sites for hydroxylation is 1. The van der Waals surface area contributed by atoms with Gasteiger partial charge in [-0.25, -0.2) is 8.42 Å². The van der Waals surface area contributed by atoms with E-state index < -0.39 is 10.0 Å². The van der Waals surface area contributed by atoms with Crippen LogP contribution in [0.1, 0.15) is 17.5 Å². The number of nitrogens with one attached hydrogen (secondary N) is 1. The van der Waals surface area contributed by atoms with Gasteiger partial charge in [0, 0.05) is 25.2 Å². The lowest BCUT2D eigenvalue weighted by atomic mass is 10.1. The zero-order valence-electron chi connectivity index (χ0n) is 15.3. The second-order valence-electron chi connectivity index (χ2n) is 6.40. The van der Waals surface area contributed by atoms with Crippen LogP contribution in [0.25, 0.3) is 0 Å². The molecule has 0 atom stereocenters. The molecule has 3 rings (SSSR count). The molecule has 146 valence electrons. The Hall–Kier alpha value is -2.73. The number of benzene rings is 2. The van der Waals surface area contributed by atoms with Crippen molar-refractivity contribution in [1.82, 2.24) is 4.31 Å². The first-order valence-corrected chi connectivity index (χ1v) is 10.4. The number of ether oxygens (including phenoxy) is 1. The van der Waals surface area contributed by atoms with E-state index in [1.165, 1.54) is 4.31 Å².